The molecule has 29 heavy (non-hydrogen) atoms. The van der Waals surface area contributed by atoms with Crippen molar-refractivity contribution in [3.63, 3.8) is 0 Å². The third kappa shape index (κ3) is 7.82. The smallest absolute Gasteiger partial charge is 0.426 e. The summed E-state index contributed by atoms with van der Waals surface area (Å²) in [4.78, 5) is 24.5. The highest BCUT2D eigenvalue weighted by atomic mass is 127. The predicted octanol–water partition coefficient (Wildman–Crippen LogP) is 4.21. The number of halogens is 5. The molecule has 0 aromatic heterocycles. The van der Waals surface area contributed by atoms with E-state index in [9.17, 15) is 31.2 Å². The topological polar surface area (TPSA) is 107 Å². The number of benzene rings is 1. The molecule has 1 N–H and O–H groups in total. The molecule has 0 saturated carbocycles. The second-order valence-electron chi connectivity index (χ2n) is 6.57. The molecule has 0 heterocycles. The lowest BCUT2D eigenvalue weighted by molar-refractivity contribution is -0.197. The van der Waals surface area contributed by atoms with Crippen LogP contribution in [0.3, 0.4) is 0 Å². The van der Waals surface area contributed by atoms with E-state index in [-0.39, 0.29) is 14.9 Å². The van der Waals surface area contributed by atoms with E-state index < -0.39 is 45.5 Å². The van der Waals surface area contributed by atoms with Crippen LogP contribution in [-0.2, 0) is 19.6 Å². The third-order valence-electron chi connectivity index (χ3n) is 3.86. The fraction of sp³-hybridized carbons (Fsp3) is 0.500. The van der Waals surface area contributed by atoms with Crippen LogP contribution in [0.1, 0.15) is 37.6 Å². The summed E-state index contributed by atoms with van der Waals surface area (Å²) in [5, 5.41) is 0. The summed E-state index contributed by atoms with van der Waals surface area (Å²) in [5.74, 6) is -3.97. The number of esters is 2. The number of hydrogen-bond acceptors (Lipinski definition) is 6. The lowest BCUT2D eigenvalue weighted by Crippen LogP contribution is -2.39. The molecule has 0 aliphatic heterocycles. The standard InChI is InChI=1S/C16H17F3I2O7S/c1-4-15(2,3)14(23)27-11-5-8(9(20)6-10(11)21)13(22)28-12(16(17,18)19)7-29(24,25)26/h5-6,12H,4,7H2,1-3H3,(H,24,25,26). The first-order valence-electron chi connectivity index (χ1n) is 7.92. The summed E-state index contributed by atoms with van der Waals surface area (Å²) >= 11 is 3.51. The first-order chi connectivity index (χ1) is 13.0. The zero-order chi connectivity index (χ0) is 22.8. The van der Waals surface area contributed by atoms with E-state index in [2.05, 4.69) is 4.74 Å². The molecule has 0 saturated heterocycles. The number of alkyl halides is 3. The van der Waals surface area contributed by atoms with Crippen molar-refractivity contribution in [3.05, 3.63) is 24.8 Å². The normalized spacial score (nSPS) is 13.7. The van der Waals surface area contributed by atoms with Crippen LogP contribution in [0.2, 0.25) is 0 Å². The summed E-state index contributed by atoms with van der Waals surface area (Å²) in [6, 6.07) is 2.45. The number of ether oxygens (including phenoxy) is 2. The van der Waals surface area contributed by atoms with Gasteiger partial charge < -0.3 is 9.47 Å². The molecular weight excluding hydrogens is 647 g/mol. The van der Waals surface area contributed by atoms with Gasteiger partial charge in [0.2, 0.25) is 6.10 Å². The van der Waals surface area contributed by atoms with Crippen LogP contribution in [0.4, 0.5) is 13.2 Å². The molecule has 1 aromatic carbocycles. The Morgan fingerprint density at radius 1 is 1.17 bits per heavy atom. The van der Waals surface area contributed by atoms with E-state index in [0.29, 0.717) is 9.99 Å². The second kappa shape index (κ2) is 9.64. The first-order valence-corrected chi connectivity index (χ1v) is 11.7. The first kappa shape index (κ1) is 26.4. The molecule has 1 aromatic rings. The van der Waals surface area contributed by atoms with Crippen molar-refractivity contribution in [1.29, 1.82) is 0 Å². The van der Waals surface area contributed by atoms with Crippen LogP contribution in [0.15, 0.2) is 12.1 Å². The van der Waals surface area contributed by atoms with E-state index in [4.69, 9.17) is 9.29 Å². The molecule has 0 amide bonds. The molecule has 1 rings (SSSR count). The molecule has 164 valence electrons. The number of rotatable bonds is 7. The van der Waals surface area contributed by atoms with Crippen LogP contribution in [0, 0.1) is 12.6 Å². The van der Waals surface area contributed by atoms with E-state index in [0.717, 1.165) is 6.07 Å². The van der Waals surface area contributed by atoms with Gasteiger partial charge in [0, 0.05) is 3.57 Å². The van der Waals surface area contributed by atoms with Crippen molar-refractivity contribution < 1.29 is 45.2 Å². The molecule has 0 bridgehead atoms. The minimum atomic E-state index is -5.22. The van der Waals surface area contributed by atoms with E-state index in [1.165, 1.54) is 6.07 Å². The molecule has 0 radical (unpaired) electrons. The van der Waals surface area contributed by atoms with E-state index >= 15 is 0 Å². The molecule has 13 heteroatoms. The van der Waals surface area contributed by atoms with Gasteiger partial charge >= 0.3 is 18.1 Å². The Morgan fingerprint density at radius 3 is 2.17 bits per heavy atom. The van der Waals surface area contributed by atoms with Crippen molar-refractivity contribution in [2.45, 2.75) is 39.5 Å². The summed E-state index contributed by atoms with van der Waals surface area (Å²) in [6.45, 7) is 5.07. The van der Waals surface area contributed by atoms with Gasteiger partial charge in [0.15, 0.2) is 0 Å². The molecule has 0 fully saturated rings. The third-order valence-corrected chi connectivity index (χ3v) is 6.32. The number of hydrogen-bond donors (Lipinski definition) is 1. The fourth-order valence-corrected chi connectivity index (χ4v) is 4.23. The Labute approximate surface area is 192 Å². The zero-order valence-electron chi connectivity index (χ0n) is 15.3. The number of carbonyl (C=O) groups is 2. The summed E-state index contributed by atoms with van der Waals surface area (Å²) < 4.78 is 79.5. The maximum atomic E-state index is 13.0. The molecule has 1 atom stereocenters. The monoisotopic (exact) mass is 664 g/mol. The molecule has 0 aliphatic rings. The highest BCUT2D eigenvalue weighted by Gasteiger charge is 2.45. The fourth-order valence-electron chi connectivity index (χ4n) is 1.73. The quantitative estimate of drug-likeness (QED) is 0.202. The van der Waals surface area contributed by atoms with E-state index in [1.807, 2.05) is 22.6 Å². The Morgan fingerprint density at radius 2 is 1.72 bits per heavy atom. The Kier molecular flexibility index (Phi) is 8.76. The van der Waals surface area contributed by atoms with Crippen molar-refractivity contribution in [3.8, 4) is 5.75 Å². The van der Waals surface area contributed by atoms with Crippen LogP contribution in [-0.4, -0.2) is 42.9 Å². The van der Waals surface area contributed by atoms with Gasteiger partial charge in [-0.1, -0.05) is 6.92 Å². The Bertz CT molecular complexity index is 899. The average Bonchev–Trinajstić information content (AvgIpc) is 2.54. The number of carbonyl (C=O) groups excluding carboxylic acids is 2. The van der Waals surface area contributed by atoms with Crippen molar-refractivity contribution >= 4 is 67.2 Å². The summed E-state index contributed by atoms with van der Waals surface area (Å²) in [6.07, 6.45) is -7.82. The summed E-state index contributed by atoms with van der Waals surface area (Å²) in [7, 11) is -5.06. The van der Waals surface area contributed by atoms with Crippen LogP contribution < -0.4 is 4.74 Å². The Hall–Kier alpha value is -0.680. The van der Waals surface area contributed by atoms with Crippen molar-refractivity contribution in [2.75, 3.05) is 5.75 Å². The van der Waals surface area contributed by atoms with Crippen LogP contribution >= 0.6 is 45.2 Å². The maximum Gasteiger partial charge on any atom is 0.426 e. The zero-order valence-corrected chi connectivity index (χ0v) is 20.5. The van der Waals surface area contributed by atoms with Gasteiger partial charge in [-0.2, -0.15) is 21.6 Å². The maximum absolute atomic E-state index is 13.0. The highest BCUT2D eigenvalue weighted by molar-refractivity contribution is 14.1. The summed E-state index contributed by atoms with van der Waals surface area (Å²) in [5.41, 5.74) is -1.18. The van der Waals surface area contributed by atoms with Gasteiger partial charge in [-0.25, -0.2) is 4.79 Å². The van der Waals surface area contributed by atoms with E-state index in [1.54, 1.807) is 43.4 Å². The van der Waals surface area contributed by atoms with Gasteiger partial charge in [-0.15, -0.1) is 0 Å². The van der Waals surface area contributed by atoms with Crippen LogP contribution in [0.5, 0.6) is 5.75 Å². The minimum Gasteiger partial charge on any atom is -0.448 e. The average molecular weight is 664 g/mol. The van der Waals surface area contributed by atoms with Gasteiger partial charge in [0.05, 0.1) is 14.5 Å². The SMILES string of the molecule is CCC(C)(C)C(=O)Oc1cc(C(=O)OC(CS(=O)(=O)O)C(F)(F)F)c(I)cc1I. The molecule has 0 spiro atoms. The van der Waals surface area contributed by atoms with Crippen molar-refractivity contribution in [1.82, 2.24) is 0 Å². The Balaban J connectivity index is 3.23. The highest BCUT2D eigenvalue weighted by Crippen LogP contribution is 2.31. The largest absolute Gasteiger partial charge is 0.448 e. The van der Waals surface area contributed by atoms with Gasteiger partial charge in [0.25, 0.3) is 10.1 Å². The molecular formula is C16H17F3I2O7S. The van der Waals surface area contributed by atoms with Gasteiger partial charge in [-0.3, -0.25) is 9.35 Å². The van der Waals surface area contributed by atoms with Crippen LogP contribution in [0.25, 0.3) is 0 Å². The second-order valence-corrected chi connectivity index (χ2v) is 10.4. The minimum absolute atomic E-state index is 0.0529. The lowest BCUT2D eigenvalue weighted by atomic mass is 9.91. The van der Waals surface area contributed by atoms with Gasteiger partial charge in [0.1, 0.15) is 11.5 Å². The lowest BCUT2D eigenvalue weighted by Gasteiger charge is -2.22. The van der Waals surface area contributed by atoms with Gasteiger partial charge in [-0.05, 0) is 77.6 Å². The molecule has 7 nitrogen and oxygen atoms in total. The molecule has 0 aliphatic carbocycles. The molecule has 1 unspecified atom stereocenters. The predicted molar refractivity (Wildman–Crippen MR) is 113 cm³/mol. The van der Waals surface area contributed by atoms with Crippen molar-refractivity contribution in [2.24, 2.45) is 5.41 Å².